The maximum absolute atomic E-state index is 11.9. The number of benzene rings is 2. The van der Waals surface area contributed by atoms with Crippen LogP contribution >= 0.6 is 0 Å². The Morgan fingerprint density at radius 3 is 2.22 bits per heavy atom. The Kier molecular flexibility index (Phi) is 8.36. The van der Waals surface area contributed by atoms with E-state index in [1.807, 2.05) is 55.5 Å². The molecule has 0 unspecified atom stereocenters. The van der Waals surface area contributed by atoms with E-state index < -0.39 is 5.97 Å². The van der Waals surface area contributed by atoms with E-state index in [2.05, 4.69) is 12.2 Å². The third-order valence-electron chi connectivity index (χ3n) is 4.00. The minimum Gasteiger partial charge on any atom is -0.494 e. The molecule has 0 saturated carbocycles. The maximum atomic E-state index is 11.9. The Labute approximate surface area is 160 Å². The van der Waals surface area contributed by atoms with E-state index in [4.69, 9.17) is 9.47 Å². The highest BCUT2D eigenvalue weighted by atomic mass is 16.5. The lowest BCUT2D eigenvalue weighted by Gasteiger charge is -2.08. The maximum Gasteiger partial charge on any atom is 0.310 e. The average Bonchev–Trinajstić information content (AvgIpc) is 2.68. The number of carbonyl (C=O) groups excluding carboxylic acids is 2. The minimum atomic E-state index is -0.441. The van der Waals surface area contributed by atoms with Crippen molar-refractivity contribution in [3.63, 3.8) is 0 Å². The first-order chi connectivity index (χ1) is 13.1. The van der Waals surface area contributed by atoms with Gasteiger partial charge < -0.3 is 14.8 Å². The summed E-state index contributed by atoms with van der Waals surface area (Å²) in [5, 5.41) is 2.73. The van der Waals surface area contributed by atoms with Gasteiger partial charge in [0.05, 0.1) is 13.0 Å². The normalized spacial score (nSPS) is 10.3. The smallest absolute Gasteiger partial charge is 0.310 e. The molecule has 0 aliphatic carbocycles. The number of nitrogens with one attached hydrogen (secondary N) is 1. The zero-order valence-electron chi connectivity index (χ0n) is 16.0. The van der Waals surface area contributed by atoms with Gasteiger partial charge in [-0.05, 0) is 55.2 Å². The molecule has 0 aliphatic heterocycles. The number of rotatable bonds is 10. The van der Waals surface area contributed by atoms with Gasteiger partial charge in [0.15, 0.2) is 6.61 Å². The molecule has 2 aromatic carbocycles. The lowest BCUT2D eigenvalue weighted by Crippen LogP contribution is -2.21. The molecule has 2 aromatic rings. The molecule has 1 amide bonds. The van der Waals surface area contributed by atoms with Gasteiger partial charge in [-0.2, -0.15) is 0 Å². The number of aryl methyl sites for hydroxylation is 1. The van der Waals surface area contributed by atoms with E-state index in [0.29, 0.717) is 12.3 Å². The van der Waals surface area contributed by atoms with E-state index in [0.717, 1.165) is 30.6 Å². The summed E-state index contributed by atoms with van der Waals surface area (Å²) in [7, 11) is 0. The van der Waals surface area contributed by atoms with Crippen LogP contribution in [0, 0.1) is 0 Å². The van der Waals surface area contributed by atoms with Crippen LogP contribution in [0.3, 0.4) is 0 Å². The number of hydrogen-bond donors (Lipinski definition) is 1. The Balaban J connectivity index is 1.73. The van der Waals surface area contributed by atoms with Crippen LogP contribution in [0.2, 0.25) is 0 Å². The van der Waals surface area contributed by atoms with Crippen LogP contribution in [-0.2, 0) is 27.2 Å². The van der Waals surface area contributed by atoms with Crippen LogP contribution in [0.4, 0.5) is 5.69 Å². The van der Waals surface area contributed by atoms with Gasteiger partial charge in [0, 0.05) is 5.69 Å². The monoisotopic (exact) mass is 369 g/mol. The van der Waals surface area contributed by atoms with Crippen LogP contribution in [-0.4, -0.2) is 25.1 Å². The van der Waals surface area contributed by atoms with E-state index in [9.17, 15) is 9.59 Å². The van der Waals surface area contributed by atoms with Gasteiger partial charge in [0.2, 0.25) is 0 Å². The molecule has 0 fully saturated rings. The van der Waals surface area contributed by atoms with Crippen molar-refractivity contribution in [2.45, 2.75) is 39.5 Å². The van der Waals surface area contributed by atoms with Crippen LogP contribution in [0.5, 0.6) is 5.75 Å². The third kappa shape index (κ3) is 7.52. The Hall–Kier alpha value is -2.82. The SMILES string of the molecule is CCCCc1ccc(NC(=O)COC(=O)Cc2ccc(OCC)cc2)cc1. The highest BCUT2D eigenvalue weighted by Gasteiger charge is 2.09. The Morgan fingerprint density at radius 1 is 0.926 bits per heavy atom. The molecule has 0 bridgehead atoms. The van der Waals surface area contributed by atoms with Crippen LogP contribution in [0.15, 0.2) is 48.5 Å². The number of esters is 1. The van der Waals surface area contributed by atoms with Crippen molar-refractivity contribution in [3.05, 3.63) is 59.7 Å². The summed E-state index contributed by atoms with van der Waals surface area (Å²) in [5.41, 5.74) is 2.76. The van der Waals surface area contributed by atoms with Gasteiger partial charge in [-0.25, -0.2) is 0 Å². The second-order valence-corrected chi connectivity index (χ2v) is 6.26. The van der Waals surface area contributed by atoms with Crippen LogP contribution in [0.25, 0.3) is 0 Å². The molecule has 5 nitrogen and oxygen atoms in total. The fourth-order valence-electron chi connectivity index (χ4n) is 2.57. The zero-order chi connectivity index (χ0) is 19.5. The number of amides is 1. The molecule has 0 radical (unpaired) electrons. The first-order valence-electron chi connectivity index (χ1n) is 9.37. The third-order valence-corrected chi connectivity index (χ3v) is 4.00. The number of unbranched alkanes of at least 4 members (excludes halogenated alkanes) is 1. The number of anilines is 1. The molecule has 0 spiro atoms. The fraction of sp³-hybridized carbons (Fsp3) is 0.364. The molecule has 0 aliphatic rings. The highest BCUT2D eigenvalue weighted by molar-refractivity contribution is 5.92. The quantitative estimate of drug-likeness (QED) is 0.639. The van der Waals surface area contributed by atoms with Crippen molar-refractivity contribution in [3.8, 4) is 5.75 Å². The van der Waals surface area contributed by atoms with Gasteiger partial charge in [0.25, 0.3) is 5.91 Å². The molecule has 0 saturated heterocycles. The van der Waals surface area contributed by atoms with Crippen LogP contribution < -0.4 is 10.1 Å². The Bertz CT molecular complexity index is 723. The molecule has 0 aromatic heterocycles. The van der Waals surface area contributed by atoms with Crippen molar-refractivity contribution in [2.24, 2.45) is 0 Å². The molecular weight excluding hydrogens is 342 g/mol. The summed E-state index contributed by atoms with van der Waals surface area (Å²) in [6.07, 6.45) is 3.45. The number of carbonyl (C=O) groups is 2. The lowest BCUT2D eigenvalue weighted by molar-refractivity contribution is -0.146. The van der Waals surface area contributed by atoms with Crippen molar-refractivity contribution in [1.82, 2.24) is 0 Å². The average molecular weight is 369 g/mol. The molecular formula is C22H27NO4. The van der Waals surface area contributed by atoms with Crippen molar-refractivity contribution in [2.75, 3.05) is 18.5 Å². The predicted octanol–water partition coefficient (Wildman–Crippen LogP) is 4.15. The van der Waals surface area contributed by atoms with E-state index in [1.54, 1.807) is 0 Å². The minimum absolute atomic E-state index is 0.117. The summed E-state index contributed by atoms with van der Waals surface area (Å²) in [5.74, 6) is -0.0321. The summed E-state index contributed by atoms with van der Waals surface area (Å²) in [6.45, 7) is 4.37. The zero-order valence-corrected chi connectivity index (χ0v) is 16.0. The molecule has 1 N–H and O–H groups in total. The van der Waals surface area contributed by atoms with Gasteiger partial charge in [-0.15, -0.1) is 0 Å². The lowest BCUT2D eigenvalue weighted by atomic mass is 10.1. The van der Waals surface area contributed by atoms with Crippen molar-refractivity contribution >= 4 is 17.6 Å². The van der Waals surface area contributed by atoms with Gasteiger partial charge >= 0.3 is 5.97 Å². The summed E-state index contributed by atoms with van der Waals surface area (Å²) < 4.78 is 10.4. The van der Waals surface area contributed by atoms with Crippen molar-refractivity contribution in [1.29, 1.82) is 0 Å². The van der Waals surface area contributed by atoms with Gasteiger partial charge in [0.1, 0.15) is 5.75 Å². The van der Waals surface area contributed by atoms with Gasteiger partial charge in [-0.1, -0.05) is 37.6 Å². The number of hydrogen-bond acceptors (Lipinski definition) is 4. The first-order valence-corrected chi connectivity index (χ1v) is 9.37. The topological polar surface area (TPSA) is 64.6 Å². The van der Waals surface area contributed by atoms with E-state index in [1.165, 1.54) is 5.56 Å². The molecule has 0 atom stereocenters. The summed E-state index contributed by atoms with van der Waals surface area (Å²) in [4.78, 5) is 23.8. The van der Waals surface area contributed by atoms with Gasteiger partial charge in [-0.3, -0.25) is 9.59 Å². The molecule has 2 rings (SSSR count). The standard InChI is InChI=1S/C22H27NO4/c1-3-5-6-17-7-11-19(12-8-17)23-21(24)16-27-22(25)15-18-9-13-20(14-10-18)26-4-2/h7-14H,3-6,15-16H2,1-2H3,(H,23,24). The Morgan fingerprint density at radius 2 is 1.59 bits per heavy atom. The molecule has 0 heterocycles. The largest absolute Gasteiger partial charge is 0.494 e. The molecule has 27 heavy (non-hydrogen) atoms. The van der Waals surface area contributed by atoms with Crippen LogP contribution in [0.1, 0.15) is 37.8 Å². The highest BCUT2D eigenvalue weighted by Crippen LogP contribution is 2.13. The van der Waals surface area contributed by atoms with Crippen molar-refractivity contribution < 1.29 is 19.1 Å². The molecule has 144 valence electrons. The predicted molar refractivity (Wildman–Crippen MR) is 106 cm³/mol. The second kappa shape index (κ2) is 11.0. The van der Waals surface area contributed by atoms with E-state index in [-0.39, 0.29) is 18.9 Å². The van der Waals surface area contributed by atoms with E-state index >= 15 is 0 Å². The summed E-state index contributed by atoms with van der Waals surface area (Å²) >= 11 is 0. The second-order valence-electron chi connectivity index (χ2n) is 6.26. The first kappa shape index (κ1) is 20.5. The molecule has 5 heteroatoms. The fourth-order valence-corrected chi connectivity index (χ4v) is 2.57. The number of ether oxygens (including phenoxy) is 2. The summed E-state index contributed by atoms with van der Waals surface area (Å²) in [6, 6.07) is 15.0.